The summed E-state index contributed by atoms with van der Waals surface area (Å²) in [6, 6.07) is 4.07. The summed E-state index contributed by atoms with van der Waals surface area (Å²) in [7, 11) is 0. The van der Waals surface area contributed by atoms with Crippen molar-refractivity contribution in [3.05, 3.63) is 42.4 Å². The molecule has 0 aromatic carbocycles. The van der Waals surface area contributed by atoms with Crippen LogP contribution in [-0.2, 0) is 15.7 Å². The van der Waals surface area contributed by atoms with Crippen molar-refractivity contribution in [3.63, 3.8) is 0 Å². The lowest BCUT2D eigenvalue weighted by Gasteiger charge is -2.19. The van der Waals surface area contributed by atoms with E-state index in [4.69, 9.17) is 10.5 Å². The average molecular weight is 450 g/mol. The van der Waals surface area contributed by atoms with E-state index in [0.29, 0.717) is 11.2 Å². The minimum Gasteiger partial charge on any atom is -0.444 e. The van der Waals surface area contributed by atoms with E-state index in [1.165, 1.54) is 16.8 Å². The molecule has 9 nitrogen and oxygen atoms in total. The smallest absolute Gasteiger partial charge is 0.419 e. The molecule has 0 saturated heterocycles. The minimum atomic E-state index is -4.63. The normalized spacial score (nSPS) is 11.9. The van der Waals surface area contributed by atoms with Gasteiger partial charge >= 0.3 is 12.3 Å². The van der Waals surface area contributed by atoms with Crippen LogP contribution in [0.25, 0.3) is 16.8 Å². The van der Waals surface area contributed by atoms with Crippen LogP contribution in [0.2, 0.25) is 0 Å². The summed E-state index contributed by atoms with van der Waals surface area (Å²) in [6.45, 7) is 4.76. The van der Waals surface area contributed by atoms with Gasteiger partial charge in [0, 0.05) is 23.5 Å². The van der Waals surface area contributed by atoms with E-state index in [0.717, 1.165) is 6.07 Å². The highest BCUT2D eigenvalue weighted by atomic mass is 19.4. The molecule has 3 aromatic rings. The minimum absolute atomic E-state index is 0.199. The van der Waals surface area contributed by atoms with Crippen LogP contribution in [0.3, 0.4) is 0 Å². The molecule has 4 N–H and O–H groups in total. The molecule has 0 aliphatic carbocycles. The number of pyridine rings is 2. The number of nitrogens with zero attached hydrogens (tertiary/aromatic N) is 3. The van der Waals surface area contributed by atoms with E-state index in [2.05, 4.69) is 20.6 Å². The predicted molar refractivity (Wildman–Crippen MR) is 111 cm³/mol. The third-order valence-corrected chi connectivity index (χ3v) is 4.07. The molecular formula is C20H21F3N6O3. The molecule has 0 bridgehead atoms. The number of nitrogens with one attached hydrogen (secondary N) is 2. The number of nitrogens with two attached hydrogens (primary N) is 1. The number of alkyl carbamates (subject to hydrolysis) is 1. The summed E-state index contributed by atoms with van der Waals surface area (Å²) in [5.74, 6) is -0.934. The van der Waals surface area contributed by atoms with Crippen molar-refractivity contribution < 1.29 is 27.5 Å². The second-order valence-electron chi connectivity index (χ2n) is 7.87. The zero-order chi connectivity index (χ0) is 23.7. The topological polar surface area (TPSA) is 124 Å². The molecule has 0 radical (unpaired) electrons. The predicted octanol–water partition coefficient (Wildman–Crippen LogP) is 3.46. The fraction of sp³-hybridized carbons (Fsp3) is 0.300. The number of alkyl halides is 3. The Hall–Kier alpha value is -3.83. The highest BCUT2D eigenvalue weighted by Crippen LogP contribution is 2.35. The van der Waals surface area contributed by atoms with Gasteiger partial charge in [0.1, 0.15) is 23.6 Å². The average Bonchev–Trinajstić information content (AvgIpc) is 3.05. The van der Waals surface area contributed by atoms with Gasteiger partial charge in [-0.25, -0.2) is 14.8 Å². The number of aromatic nitrogens is 3. The number of rotatable bonds is 4. The number of hydrogen-bond acceptors (Lipinski definition) is 6. The first-order valence-corrected chi connectivity index (χ1v) is 9.40. The Morgan fingerprint density at radius 3 is 2.53 bits per heavy atom. The van der Waals surface area contributed by atoms with Crippen molar-refractivity contribution in [1.29, 1.82) is 0 Å². The van der Waals surface area contributed by atoms with Gasteiger partial charge in [-0.05, 0) is 39.0 Å². The van der Waals surface area contributed by atoms with Crippen LogP contribution in [0, 0.1) is 0 Å². The maximum absolute atomic E-state index is 13.1. The van der Waals surface area contributed by atoms with Crippen LogP contribution >= 0.6 is 0 Å². The molecule has 32 heavy (non-hydrogen) atoms. The highest BCUT2D eigenvalue weighted by Gasteiger charge is 2.34. The summed E-state index contributed by atoms with van der Waals surface area (Å²) < 4.78 is 45.9. The van der Waals surface area contributed by atoms with E-state index in [1.807, 2.05) is 0 Å². The van der Waals surface area contributed by atoms with Crippen molar-refractivity contribution in [2.45, 2.75) is 32.5 Å². The van der Waals surface area contributed by atoms with Crippen molar-refractivity contribution in [3.8, 4) is 11.1 Å². The molecule has 3 rings (SSSR count). The van der Waals surface area contributed by atoms with E-state index in [9.17, 15) is 22.8 Å². The van der Waals surface area contributed by atoms with E-state index >= 15 is 0 Å². The largest absolute Gasteiger partial charge is 0.444 e. The van der Waals surface area contributed by atoms with Crippen LogP contribution in [0.5, 0.6) is 0 Å². The monoisotopic (exact) mass is 450 g/mol. The third kappa shape index (κ3) is 5.65. The van der Waals surface area contributed by atoms with Crippen molar-refractivity contribution in [2.75, 3.05) is 17.6 Å². The Morgan fingerprint density at radius 2 is 1.88 bits per heavy atom. The Kier molecular flexibility index (Phi) is 5.97. The molecule has 0 aliphatic heterocycles. The number of halogens is 3. The van der Waals surface area contributed by atoms with E-state index < -0.39 is 35.2 Å². The Labute approximate surface area is 180 Å². The van der Waals surface area contributed by atoms with Crippen LogP contribution in [-0.4, -0.2) is 38.5 Å². The summed E-state index contributed by atoms with van der Waals surface area (Å²) >= 11 is 0. The fourth-order valence-electron chi connectivity index (χ4n) is 2.74. The van der Waals surface area contributed by atoms with E-state index in [1.54, 1.807) is 39.1 Å². The highest BCUT2D eigenvalue weighted by molar-refractivity contribution is 5.93. The number of anilines is 2. The molecular weight excluding hydrogens is 429 g/mol. The third-order valence-electron chi connectivity index (χ3n) is 4.07. The van der Waals surface area contributed by atoms with Crippen molar-refractivity contribution >= 4 is 29.3 Å². The molecule has 170 valence electrons. The first kappa shape index (κ1) is 22.8. The first-order valence-electron chi connectivity index (χ1n) is 9.40. The molecule has 0 aliphatic rings. The van der Waals surface area contributed by atoms with Crippen LogP contribution in [0.1, 0.15) is 26.3 Å². The van der Waals surface area contributed by atoms with Gasteiger partial charge < -0.3 is 25.5 Å². The number of imidazole rings is 1. The standard InChI is InChI=1S/C20H21F3N6O3/c1-19(2,3)32-18(31)26-8-16(30)28-14-10-29-9-11(4-5-15(29)27-14)12-6-13(20(21,22)23)17(24)25-7-12/h4-7,9-10H,8H2,1-3H3,(H2,24,25)(H,26,31)(H,28,30). The van der Waals surface area contributed by atoms with Gasteiger partial charge in [-0.15, -0.1) is 0 Å². The second kappa shape index (κ2) is 8.36. The SMILES string of the molecule is CC(C)(C)OC(=O)NCC(=O)Nc1cn2cc(-c3cnc(N)c(C(F)(F)F)c3)ccc2n1. The number of nitrogen functional groups attached to an aromatic ring is 1. The van der Waals surface area contributed by atoms with Gasteiger partial charge in [0.25, 0.3) is 0 Å². The van der Waals surface area contributed by atoms with Crippen molar-refractivity contribution in [1.82, 2.24) is 19.7 Å². The molecule has 0 spiro atoms. The van der Waals surface area contributed by atoms with Crippen LogP contribution in [0.15, 0.2) is 36.8 Å². The second-order valence-corrected chi connectivity index (χ2v) is 7.87. The number of amides is 2. The molecule has 0 fully saturated rings. The van der Waals surface area contributed by atoms with Gasteiger partial charge in [0.05, 0.1) is 11.8 Å². The Morgan fingerprint density at radius 1 is 1.16 bits per heavy atom. The van der Waals surface area contributed by atoms with Gasteiger partial charge in [0.15, 0.2) is 5.82 Å². The van der Waals surface area contributed by atoms with E-state index in [-0.39, 0.29) is 17.9 Å². The fourth-order valence-corrected chi connectivity index (χ4v) is 2.74. The lowest BCUT2D eigenvalue weighted by Crippen LogP contribution is -2.37. The molecule has 3 aromatic heterocycles. The lowest BCUT2D eigenvalue weighted by atomic mass is 10.1. The number of carbonyl (C=O) groups excluding carboxylic acids is 2. The quantitative estimate of drug-likeness (QED) is 0.559. The van der Waals surface area contributed by atoms with Gasteiger partial charge in [-0.3, -0.25) is 4.79 Å². The molecule has 0 unspecified atom stereocenters. The summed E-state index contributed by atoms with van der Waals surface area (Å²) in [4.78, 5) is 31.5. The summed E-state index contributed by atoms with van der Waals surface area (Å²) in [5, 5.41) is 4.86. The summed E-state index contributed by atoms with van der Waals surface area (Å²) in [5.41, 5.74) is 4.74. The molecule has 3 heterocycles. The Balaban J connectivity index is 1.73. The molecule has 12 heteroatoms. The number of hydrogen-bond donors (Lipinski definition) is 3. The molecule has 0 saturated carbocycles. The van der Waals surface area contributed by atoms with Gasteiger partial charge in [0.2, 0.25) is 5.91 Å². The molecule has 0 atom stereocenters. The zero-order valence-electron chi connectivity index (χ0n) is 17.4. The zero-order valence-corrected chi connectivity index (χ0v) is 17.4. The van der Waals surface area contributed by atoms with Crippen LogP contribution in [0.4, 0.5) is 29.6 Å². The first-order chi connectivity index (χ1) is 14.8. The van der Waals surface area contributed by atoms with Crippen molar-refractivity contribution in [2.24, 2.45) is 0 Å². The number of fused-ring (bicyclic) bond motifs is 1. The maximum Gasteiger partial charge on any atom is 0.419 e. The lowest BCUT2D eigenvalue weighted by molar-refractivity contribution is -0.137. The van der Waals surface area contributed by atoms with Gasteiger partial charge in [-0.1, -0.05) is 0 Å². The Bertz CT molecular complexity index is 1170. The number of carbonyl (C=O) groups is 2. The van der Waals surface area contributed by atoms with Gasteiger partial charge in [-0.2, -0.15) is 13.2 Å². The molecule has 2 amide bonds. The van der Waals surface area contributed by atoms with Crippen LogP contribution < -0.4 is 16.4 Å². The number of ether oxygens (including phenoxy) is 1. The summed E-state index contributed by atoms with van der Waals surface area (Å²) in [6.07, 6.45) is -1.09. The maximum atomic E-state index is 13.1.